The summed E-state index contributed by atoms with van der Waals surface area (Å²) in [4.78, 5) is 37.7. The van der Waals surface area contributed by atoms with E-state index in [4.69, 9.17) is 5.73 Å². The molecule has 3 rings (SSSR count). The Hall–Kier alpha value is -2.99. The lowest BCUT2D eigenvalue weighted by Gasteiger charge is -2.22. The molecule has 0 aromatic heterocycles. The third-order valence-corrected chi connectivity index (χ3v) is 4.95. The standard InChI is InChI=1S/C22H25N3O3/c23-11-13-25(12-10-16-4-2-1-3-5-16)22(28)18-8-6-17(7-9-18)14-19-15-20(26)24-21(19)27/h1-9,19H,10-15,23H2,(H,24,26,27). The summed E-state index contributed by atoms with van der Waals surface area (Å²) in [5, 5.41) is 2.32. The molecule has 2 aromatic carbocycles. The Balaban J connectivity index is 1.62. The molecule has 1 aliphatic heterocycles. The Bertz CT molecular complexity index is 834. The van der Waals surface area contributed by atoms with E-state index in [0.29, 0.717) is 31.6 Å². The Morgan fingerprint density at radius 1 is 1.00 bits per heavy atom. The largest absolute Gasteiger partial charge is 0.337 e. The summed E-state index contributed by atoms with van der Waals surface area (Å²) in [5.74, 6) is -0.826. The van der Waals surface area contributed by atoms with Gasteiger partial charge in [0.1, 0.15) is 0 Å². The molecule has 0 saturated carbocycles. The quantitative estimate of drug-likeness (QED) is 0.681. The van der Waals surface area contributed by atoms with Crippen LogP contribution in [0.2, 0.25) is 0 Å². The summed E-state index contributed by atoms with van der Waals surface area (Å²) in [6.45, 7) is 1.51. The third kappa shape index (κ3) is 5.04. The van der Waals surface area contributed by atoms with Crippen LogP contribution in [0.5, 0.6) is 0 Å². The van der Waals surface area contributed by atoms with E-state index in [1.807, 2.05) is 42.5 Å². The number of carbonyl (C=O) groups excluding carboxylic acids is 3. The average molecular weight is 379 g/mol. The second-order valence-electron chi connectivity index (χ2n) is 7.03. The average Bonchev–Trinajstić information content (AvgIpc) is 3.02. The van der Waals surface area contributed by atoms with Crippen molar-refractivity contribution in [2.45, 2.75) is 19.3 Å². The molecule has 0 spiro atoms. The molecule has 28 heavy (non-hydrogen) atoms. The molecule has 0 radical (unpaired) electrons. The molecule has 1 aliphatic rings. The van der Waals surface area contributed by atoms with Crippen LogP contribution < -0.4 is 11.1 Å². The van der Waals surface area contributed by atoms with Gasteiger partial charge >= 0.3 is 0 Å². The second kappa shape index (κ2) is 9.28. The topological polar surface area (TPSA) is 92.5 Å². The van der Waals surface area contributed by atoms with Crippen molar-refractivity contribution in [3.05, 3.63) is 71.3 Å². The maximum atomic E-state index is 12.9. The minimum absolute atomic E-state index is 0.0540. The Kier molecular flexibility index (Phi) is 6.55. The van der Waals surface area contributed by atoms with Gasteiger partial charge in [0.2, 0.25) is 11.8 Å². The molecular formula is C22H25N3O3. The zero-order valence-corrected chi connectivity index (χ0v) is 15.8. The van der Waals surface area contributed by atoms with Crippen LogP contribution in [0.3, 0.4) is 0 Å². The summed E-state index contributed by atoms with van der Waals surface area (Å²) in [6.07, 6.45) is 1.49. The smallest absolute Gasteiger partial charge is 0.253 e. The Labute approximate surface area is 164 Å². The normalized spacial score (nSPS) is 16.1. The van der Waals surface area contributed by atoms with Gasteiger partial charge in [0.15, 0.2) is 0 Å². The van der Waals surface area contributed by atoms with Gasteiger partial charge in [-0.05, 0) is 36.1 Å². The number of carbonyl (C=O) groups is 3. The minimum atomic E-state index is -0.325. The lowest BCUT2D eigenvalue weighted by atomic mass is 9.97. The van der Waals surface area contributed by atoms with Crippen LogP contribution in [0.1, 0.15) is 27.9 Å². The number of amides is 3. The molecule has 1 unspecified atom stereocenters. The highest BCUT2D eigenvalue weighted by molar-refractivity contribution is 6.03. The minimum Gasteiger partial charge on any atom is -0.337 e. The van der Waals surface area contributed by atoms with E-state index in [2.05, 4.69) is 5.32 Å². The summed E-state index contributed by atoms with van der Waals surface area (Å²) >= 11 is 0. The highest BCUT2D eigenvalue weighted by Gasteiger charge is 2.30. The number of rotatable bonds is 8. The first-order valence-electron chi connectivity index (χ1n) is 9.52. The molecule has 0 aliphatic carbocycles. The fourth-order valence-corrected chi connectivity index (χ4v) is 3.40. The van der Waals surface area contributed by atoms with Crippen LogP contribution in [0, 0.1) is 5.92 Å². The van der Waals surface area contributed by atoms with E-state index in [1.165, 1.54) is 5.56 Å². The van der Waals surface area contributed by atoms with Crippen molar-refractivity contribution in [3.63, 3.8) is 0 Å². The lowest BCUT2D eigenvalue weighted by Crippen LogP contribution is -2.36. The van der Waals surface area contributed by atoms with E-state index < -0.39 is 0 Å². The fraction of sp³-hybridized carbons (Fsp3) is 0.318. The third-order valence-electron chi connectivity index (χ3n) is 4.95. The maximum absolute atomic E-state index is 12.9. The second-order valence-corrected chi connectivity index (χ2v) is 7.03. The van der Waals surface area contributed by atoms with Crippen LogP contribution in [0.25, 0.3) is 0 Å². The maximum Gasteiger partial charge on any atom is 0.253 e. The van der Waals surface area contributed by atoms with E-state index in [1.54, 1.807) is 17.0 Å². The van der Waals surface area contributed by atoms with Crippen molar-refractivity contribution >= 4 is 17.7 Å². The molecule has 2 aromatic rings. The zero-order chi connectivity index (χ0) is 19.9. The zero-order valence-electron chi connectivity index (χ0n) is 15.8. The fourth-order valence-electron chi connectivity index (χ4n) is 3.40. The van der Waals surface area contributed by atoms with Crippen molar-refractivity contribution < 1.29 is 14.4 Å². The van der Waals surface area contributed by atoms with Gasteiger partial charge in [0, 0.05) is 31.6 Å². The molecule has 1 saturated heterocycles. The van der Waals surface area contributed by atoms with Crippen LogP contribution in [-0.4, -0.2) is 42.3 Å². The summed E-state index contributed by atoms with van der Waals surface area (Å²) in [5.41, 5.74) is 8.40. The van der Waals surface area contributed by atoms with Crippen molar-refractivity contribution in [2.24, 2.45) is 11.7 Å². The molecule has 0 bridgehead atoms. The van der Waals surface area contributed by atoms with Gasteiger partial charge in [-0.3, -0.25) is 19.7 Å². The summed E-state index contributed by atoms with van der Waals surface area (Å²) < 4.78 is 0. The van der Waals surface area contributed by atoms with Crippen molar-refractivity contribution in [2.75, 3.05) is 19.6 Å². The molecular weight excluding hydrogens is 354 g/mol. The summed E-state index contributed by atoms with van der Waals surface area (Å²) in [6, 6.07) is 17.3. The highest BCUT2D eigenvalue weighted by Crippen LogP contribution is 2.18. The molecule has 1 heterocycles. The first-order chi connectivity index (χ1) is 13.6. The molecule has 6 heteroatoms. The SMILES string of the molecule is NCCN(CCc1ccccc1)C(=O)c1ccc(CC2CC(=O)NC2=O)cc1. The highest BCUT2D eigenvalue weighted by atomic mass is 16.2. The van der Waals surface area contributed by atoms with Gasteiger partial charge in [-0.1, -0.05) is 42.5 Å². The number of nitrogens with zero attached hydrogens (tertiary/aromatic N) is 1. The number of imide groups is 1. The monoisotopic (exact) mass is 379 g/mol. The number of nitrogens with one attached hydrogen (secondary N) is 1. The predicted molar refractivity (Wildman–Crippen MR) is 107 cm³/mol. The summed E-state index contributed by atoms with van der Waals surface area (Å²) in [7, 11) is 0. The van der Waals surface area contributed by atoms with E-state index in [0.717, 1.165) is 12.0 Å². The van der Waals surface area contributed by atoms with Gasteiger partial charge in [-0.25, -0.2) is 0 Å². The van der Waals surface area contributed by atoms with Crippen LogP contribution >= 0.6 is 0 Å². The number of benzene rings is 2. The van der Waals surface area contributed by atoms with Crippen LogP contribution in [-0.2, 0) is 22.4 Å². The van der Waals surface area contributed by atoms with E-state index in [9.17, 15) is 14.4 Å². The van der Waals surface area contributed by atoms with Gasteiger partial charge in [-0.2, -0.15) is 0 Å². The molecule has 6 nitrogen and oxygen atoms in total. The van der Waals surface area contributed by atoms with Gasteiger partial charge in [0.25, 0.3) is 5.91 Å². The molecule has 1 atom stereocenters. The van der Waals surface area contributed by atoms with E-state index >= 15 is 0 Å². The molecule has 1 fully saturated rings. The number of hydrogen-bond acceptors (Lipinski definition) is 4. The van der Waals surface area contributed by atoms with Gasteiger partial charge < -0.3 is 10.6 Å². The van der Waals surface area contributed by atoms with Crippen molar-refractivity contribution in [3.8, 4) is 0 Å². The predicted octanol–water partition coefficient (Wildman–Crippen LogP) is 1.54. The molecule has 3 amide bonds. The first kappa shape index (κ1) is 19.8. The van der Waals surface area contributed by atoms with Gasteiger partial charge in [-0.15, -0.1) is 0 Å². The van der Waals surface area contributed by atoms with Crippen LogP contribution in [0.4, 0.5) is 0 Å². The molecule has 146 valence electrons. The van der Waals surface area contributed by atoms with E-state index in [-0.39, 0.29) is 30.1 Å². The Morgan fingerprint density at radius 3 is 2.32 bits per heavy atom. The number of hydrogen-bond donors (Lipinski definition) is 2. The van der Waals surface area contributed by atoms with Crippen LogP contribution in [0.15, 0.2) is 54.6 Å². The van der Waals surface area contributed by atoms with Crippen molar-refractivity contribution in [1.29, 1.82) is 0 Å². The van der Waals surface area contributed by atoms with Gasteiger partial charge in [0.05, 0.1) is 5.92 Å². The Morgan fingerprint density at radius 2 is 1.71 bits per heavy atom. The number of nitrogens with two attached hydrogens (primary N) is 1. The first-order valence-corrected chi connectivity index (χ1v) is 9.52. The van der Waals surface area contributed by atoms with Crippen molar-refractivity contribution in [1.82, 2.24) is 10.2 Å². The molecule has 3 N–H and O–H groups in total. The lowest BCUT2D eigenvalue weighted by molar-refractivity contribution is -0.125.